The number of halogens is 1. The number of hydrogen-bond acceptors (Lipinski definition) is 3. The van der Waals surface area contributed by atoms with Crippen molar-refractivity contribution in [3.05, 3.63) is 34.9 Å². The fourth-order valence-corrected chi connectivity index (χ4v) is 1.72. The first-order chi connectivity index (χ1) is 8.54. The van der Waals surface area contributed by atoms with Crippen molar-refractivity contribution in [3.63, 3.8) is 0 Å². The average molecular weight is 270 g/mol. The van der Waals surface area contributed by atoms with Crippen LogP contribution in [-0.2, 0) is 9.53 Å². The highest BCUT2D eigenvalue weighted by atomic mass is 35.5. The lowest BCUT2D eigenvalue weighted by atomic mass is 10.1. The molecule has 0 aliphatic rings. The number of ether oxygens (including phenoxy) is 1. The highest BCUT2D eigenvalue weighted by Crippen LogP contribution is 2.16. The molecule has 0 saturated carbocycles. The molecule has 4 heteroatoms. The molecule has 0 aliphatic heterocycles. The molecule has 0 amide bonds. The molecular formula is C14H20ClNO2. The van der Waals surface area contributed by atoms with E-state index in [1.54, 1.807) is 0 Å². The number of carbonyl (C=O) groups excluding carboxylic acids is 1. The minimum absolute atomic E-state index is 0.139. The van der Waals surface area contributed by atoms with Gasteiger partial charge >= 0.3 is 5.97 Å². The molecule has 0 spiro atoms. The van der Waals surface area contributed by atoms with Gasteiger partial charge in [0.25, 0.3) is 0 Å². The SMILES string of the molecule is CCOC(=O)C(C)CNC(C)c1ccc(Cl)cc1. The first-order valence-corrected chi connectivity index (χ1v) is 6.57. The molecule has 1 N–H and O–H groups in total. The van der Waals surface area contributed by atoms with Gasteiger partial charge in [0.1, 0.15) is 0 Å². The predicted octanol–water partition coefficient (Wildman–Crippen LogP) is 3.19. The fourth-order valence-electron chi connectivity index (χ4n) is 1.59. The zero-order valence-corrected chi connectivity index (χ0v) is 11.8. The molecule has 0 radical (unpaired) electrons. The summed E-state index contributed by atoms with van der Waals surface area (Å²) in [5, 5.41) is 4.04. The topological polar surface area (TPSA) is 38.3 Å². The third-order valence-electron chi connectivity index (χ3n) is 2.79. The quantitative estimate of drug-likeness (QED) is 0.806. The zero-order chi connectivity index (χ0) is 13.5. The molecule has 1 aromatic rings. The van der Waals surface area contributed by atoms with E-state index in [2.05, 4.69) is 12.2 Å². The van der Waals surface area contributed by atoms with Gasteiger partial charge in [0.15, 0.2) is 0 Å². The normalized spacial score (nSPS) is 14.0. The lowest BCUT2D eigenvalue weighted by molar-refractivity contribution is -0.147. The van der Waals surface area contributed by atoms with Gasteiger partial charge in [0.05, 0.1) is 12.5 Å². The van der Waals surface area contributed by atoms with Crippen LogP contribution >= 0.6 is 11.6 Å². The number of rotatable bonds is 6. The summed E-state index contributed by atoms with van der Waals surface area (Å²) in [5.74, 6) is -0.298. The number of carbonyl (C=O) groups is 1. The molecule has 0 bridgehead atoms. The summed E-state index contributed by atoms with van der Waals surface area (Å²) in [6.07, 6.45) is 0. The first kappa shape index (κ1) is 15.0. The number of hydrogen-bond donors (Lipinski definition) is 1. The Kier molecular flexibility index (Phi) is 6.16. The van der Waals surface area contributed by atoms with E-state index < -0.39 is 0 Å². The molecule has 2 unspecified atom stereocenters. The molecule has 0 saturated heterocycles. The molecule has 0 heterocycles. The van der Waals surface area contributed by atoms with Crippen molar-refractivity contribution in [1.82, 2.24) is 5.32 Å². The van der Waals surface area contributed by atoms with E-state index in [1.807, 2.05) is 38.1 Å². The van der Waals surface area contributed by atoms with Crippen LogP contribution in [0.1, 0.15) is 32.4 Å². The van der Waals surface area contributed by atoms with Gasteiger partial charge in [-0.3, -0.25) is 4.79 Å². The number of benzene rings is 1. The minimum Gasteiger partial charge on any atom is -0.466 e. The summed E-state index contributed by atoms with van der Waals surface area (Å²) in [5.41, 5.74) is 1.15. The molecule has 0 aromatic heterocycles. The second kappa shape index (κ2) is 7.39. The lowest BCUT2D eigenvalue weighted by Crippen LogP contribution is -2.29. The maximum Gasteiger partial charge on any atom is 0.309 e. The number of esters is 1. The van der Waals surface area contributed by atoms with Gasteiger partial charge in [-0.2, -0.15) is 0 Å². The Morgan fingerprint density at radius 2 is 1.94 bits per heavy atom. The highest BCUT2D eigenvalue weighted by molar-refractivity contribution is 6.30. The third-order valence-corrected chi connectivity index (χ3v) is 3.04. The second-order valence-corrected chi connectivity index (χ2v) is 4.77. The maximum atomic E-state index is 11.5. The van der Waals surface area contributed by atoms with Crippen LogP contribution in [-0.4, -0.2) is 19.1 Å². The van der Waals surface area contributed by atoms with Gasteiger partial charge in [-0.05, 0) is 31.5 Å². The van der Waals surface area contributed by atoms with E-state index >= 15 is 0 Å². The number of nitrogens with one attached hydrogen (secondary N) is 1. The Balaban J connectivity index is 2.43. The van der Waals surface area contributed by atoms with Gasteiger partial charge < -0.3 is 10.1 Å². The van der Waals surface area contributed by atoms with Crippen LogP contribution in [0.3, 0.4) is 0 Å². The largest absolute Gasteiger partial charge is 0.466 e. The third kappa shape index (κ3) is 4.67. The summed E-state index contributed by atoms with van der Waals surface area (Å²) in [6, 6.07) is 7.87. The van der Waals surface area contributed by atoms with Crippen molar-refractivity contribution in [2.45, 2.75) is 26.8 Å². The summed E-state index contributed by atoms with van der Waals surface area (Å²) in [4.78, 5) is 11.5. The van der Waals surface area contributed by atoms with Crippen LogP contribution in [0.25, 0.3) is 0 Å². The molecule has 18 heavy (non-hydrogen) atoms. The fraction of sp³-hybridized carbons (Fsp3) is 0.500. The standard InChI is InChI=1S/C14H20ClNO2/c1-4-18-14(17)10(2)9-16-11(3)12-5-7-13(15)8-6-12/h5-8,10-11,16H,4,9H2,1-3H3. The Labute approximate surface area is 113 Å². The Hall–Kier alpha value is -1.06. The second-order valence-electron chi connectivity index (χ2n) is 4.33. The minimum atomic E-state index is -0.159. The van der Waals surface area contributed by atoms with E-state index in [1.165, 1.54) is 0 Å². The van der Waals surface area contributed by atoms with Gasteiger partial charge in [0.2, 0.25) is 0 Å². The van der Waals surface area contributed by atoms with E-state index in [4.69, 9.17) is 16.3 Å². The van der Waals surface area contributed by atoms with Crippen molar-refractivity contribution < 1.29 is 9.53 Å². The predicted molar refractivity (Wildman–Crippen MR) is 73.7 cm³/mol. The highest BCUT2D eigenvalue weighted by Gasteiger charge is 2.15. The molecule has 3 nitrogen and oxygen atoms in total. The molecule has 2 atom stereocenters. The van der Waals surface area contributed by atoms with E-state index in [-0.39, 0.29) is 17.9 Å². The smallest absolute Gasteiger partial charge is 0.309 e. The average Bonchev–Trinajstić information content (AvgIpc) is 2.36. The summed E-state index contributed by atoms with van der Waals surface area (Å²) in [6.45, 7) is 6.76. The van der Waals surface area contributed by atoms with Crippen molar-refractivity contribution in [2.24, 2.45) is 5.92 Å². The van der Waals surface area contributed by atoms with Gasteiger partial charge in [-0.1, -0.05) is 30.7 Å². The zero-order valence-electron chi connectivity index (χ0n) is 11.1. The summed E-state index contributed by atoms with van der Waals surface area (Å²) < 4.78 is 4.96. The Morgan fingerprint density at radius 3 is 2.50 bits per heavy atom. The van der Waals surface area contributed by atoms with Crippen LogP contribution in [0, 0.1) is 5.92 Å². The lowest BCUT2D eigenvalue weighted by Gasteiger charge is -2.17. The summed E-state index contributed by atoms with van der Waals surface area (Å²) in [7, 11) is 0. The monoisotopic (exact) mass is 269 g/mol. The van der Waals surface area contributed by atoms with Crippen molar-refractivity contribution in [1.29, 1.82) is 0 Å². The molecule has 0 aliphatic carbocycles. The van der Waals surface area contributed by atoms with Crippen LogP contribution < -0.4 is 5.32 Å². The van der Waals surface area contributed by atoms with Crippen LogP contribution in [0.5, 0.6) is 0 Å². The molecule has 0 fully saturated rings. The van der Waals surface area contributed by atoms with Crippen molar-refractivity contribution in [3.8, 4) is 0 Å². The van der Waals surface area contributed by atoms with E-state index in [0.29, 0.717) is 13.2 Å². The van der Waals surface area contributed by atoms with Gasteiger partial charge in [-0.15, -0.1) is 0 Å². The molecule has 1 rings (SSSR count). The Morgan fingerprint density at radius 1 is 1.33 bits per heavy atom. The van der Waals surface area contributed by atoms with E-state index in [0.717, 1.165) is 10.6 Å². The summed E-state index contributed by atoms with van der Waals surface area (Å²) >= 11 is 5.84. The molecular weight excluding hydrogens is 250 g/mol. The molecule has 1 aromatic carbocycles. The van der Waals surface area contributed by atoms with Crippen molar-refractivity contribution >= 4 is 17.6 Å². The Bertz CT molecular complexity index is 378. The van der Waals surface area contributed by atoms with Crippen LogP contribution in [0.15, 0.2) is 24.3 Å². The maximum absolute atomic E-state index is 11.5. The first-order valence-electron chi connectivity index (χ1n) is 6.20. The van der Waals surface area contributed by atoms with E-state index in [9.17, 15) is 4.79 Å². The van der Waals surface area contributed by atoms with Gasteiger partial charge in [-0.25, -0.2) is 0 Å². The van der Waals surface area contributed by atoms with Crippen LogP contribution in [0.4, 0.5) is 0 Å². The van der Waals surface area contributed by atoms with Crippen molar-refractivity contribution in [2.75, 3.05) is 13.2 Å². The molecule has 100 valence electrons. The van der Waals surface area contributed by atoms with Crippen LogP contribution in [0.2, 0.25) is 5.02 Å². The van der Waals surface area contributed by atoms with Gasteiger partial charge in [0, 0.05) is 17.6 Å².